The molecule has 122 valence electrons. The summed E-state index contributed by atoms with van der Waals surface area (Å²) in [7, 11) is 0. The van der Waals surface area contributed by atoms with Gasteiger partial charge in [0.15, 0.2) is 0 Å². The second kappa shape index (κ2) is 7.86. The quantitative estimate of drug-likeness (QED) is 0.759. The number of thiophene rings is 1. The lowest BCUT2D eigenvalue weighted by molar-refractivity contribution is -0.121. The summed E-state index contributed by atoms with van der Waals surface area (Å²) in [5.41, 5.74) is -0.412. The molecular weight excluding hydrogens is 367 g/mol. The lowest BCUT2D eigenvalue weighted by Crippen LogP contribution is -2.56. The molecule has 0 bridgehead atoms. The van der Waals surface area contributed by atoms with Crippen LogP contribution >= 0.6 is 46.1 Å². The van der Waals surface area contributed by atoms with Gasteiger partial charge in [-0.1, -0.05) is 42.5 Å². The summed E-state index contributed by atoms with van der Waals surface area (Å²) < 4.78 is 0.398. The fraction of sp³-hybridized carbons (Fsp3) is 0.571. The van der Waals surface area contributed by atoms with Crippen LogP contribution in [-0.2, 0) is 4.79 Å². The van der Waals surface area contributed by atoms with E-state index >= 15 is 0 Å². The third-order valence-corrected chi connectivity index (χ3v) is 5.90. The average molecular weight is 384 g/mol. The summed E-state index contributed by atoms with van der Waals surface area (Å²) in [5.74, 6) is -0.518. The van der Waals surface area contributed by atoms with Gasteiger partial charge in [-0.25, -0.2) is 0 Å². The molecule has 1 aliphatic carbocycles. The minimum atomic E-state index is -0.412. The van der Waals surface area contributed by atoms with Crippen LogP contribution in [0.25, 0.3) is 0 Å². The van der Waals surface area contributed by atoms with E-state index in [0.717, 1.165) is 43.4 Å². The number of carbonyl (C=O) groups is 2. The maximum absolute atomic E-state index is 12.2. The van der Waals surface area contributed by atoms with Crippen LogP contribution in [0.15, 0.2) is 6.07 Å². The summed E-state index contributed by atoms with van der Waals surface area (Å²) in [6, 6.07) is 1.55. The first-order chi connectivity index (χ1) is 10.5. The van der Waals surface area contributed by atoms with Gasteiger partial charge in [0.25, 0.3) is 5.91 Å². The molecule has 0 aliphatic heterocycles. The number of amides is 2. The maximum Gasteiger partial charge on any atom is 0.261 e. The van der Waals surface area contributed by atoms with E-state index in [0.29, 0.717) is 20.8 Å². The van der Waals surface area contributed by atoms with Crippen molar-refractivity contribution in [2.75, 3.05) is 12.4 Å². The van der Waals surface area contributed by atoms with Crippen molar-refractivity contribution in [2.45, 2.75) is 37.6 Å². The molecule has 1 aliphatic rings. The van der Waals surface area contributed by atoms with Crippen LogP contribution < -0.4 is 10.6 Å². The topological polar surface area (TPSA) is 58.2 Å². The molecule has 2 rings (SSSR count). The number of carbonyl (C=O) groups excluding carboxylic acids is 2. The van der Waals surface area contributed by atoms with Gasteiger partial charge in [0.1, 0.15) is 10.2 Å². The lowest BCUT2D eigenvalue weighted by Gasteiger charge is -2.38. The Kier molecular flexibility index (Phi) is 6.38. The number of rotatable bonds is 5. The molecule has 1 aromatic heterocycles. The first-order valence-corrected chi connectivity index (χ1v) is 9.16. The highest BCUT2D eigenvalue weighted by Crippen LogP contribution is 2.32. The van der Waals surface area contributed by atoms with Gasteiger partial charge in [-0.15, -0.1) is 22.9 Å². The van der Waals surface area contributed by atoms with Gasteiger partial charge in [0.2, 0.25) is 5.91 Å². The number of halogens is 3. The fourth-order valence-electron chi connectivity index (χ4n) is 2.70. The smallest absolute Gasteiger partial charge is 0.261 e. The Bertz CT molecular complexity index is 537. The predicted molar refractivity (Wildman–Crippen MR) is 91.4 cm³/mol. The van der Waals surface area contributed by atoms with Crippen LogP contribution in [0.4, 0.5) is 0 Å². The zero-order valence-electron chi connectivity index (χ0n) is 11.9. The molecular formula is C14H17Cl3N2O2S. The Morgan fingerprint density at radius 3 is 2.45 bits per heavy atom. The van der Waals surface area contributed by atoms with Crippen molar-refractivity contribution < 1.29 is 9.59 Å². The Morgan fingerprint density at radius 2 is 1.91 bits per heavy atom. The van der Waals surface area contributed by atoms with Crippen molar-refractivity contribution in [3.8, 4) is 0 Å². The molecule has 2 N–H and O–H groups in total. The molecule has 0 atom stereocenters. The average Bonchev–Trinajstić information content (AvgIpc) is 2.85. The van der Waals surface area contributed by atoms with Crippen LogP contribution in [0.3, 0.4) is 0 Å². The van der Waals surface area contributed by atoms with Crippen molar-refractivity contribution in [1.29, 1.82) is 0 Å². The zero-order chi connectivity index (χ0) is 16.2. The standard InChI is InChI=1S/C14H17Cl3N2O2S/c15-7-11(20)19-14(4-2-1-3-5-14)8-18-13(21)10-6-9(16)12(17)22-10/h6H,1-5,7-8H2,(H,18,21)(H,19,20). The van der Waals surface area contributed by atoms with E-state index in [2.05, 4.69) is 10.6 Å². The zero-order valence-corrected chi connectivity index (χ0v) is 15.0. The monoisotopic (exact) mass is 382 g/mol. The van der Waals surface area contributed by atoms with Crippen LogP contribution in [0.5, 0.6) is 0 Å². The van der Waals surface area contributed by atoms with E-state index in [-0.39, 0.29) is 17.7 Å². The van der Waals surface area contributed by atoms with Gasteiger partial charge < -0.3 is 10.6 Å². The Balaban J connectivity index is 2.01. The first kappa shape index (κ1) is 17.9. The lowest BCUT2D eigenvalue weighted by atomic mass is 9.81. The molecule has 4 nitrogen and oxygen atoms in total. The number of nitrogens with one attached hydrogen (secondary N) is 2. The molecule has 1 fully saturated rings. The predicted octanol–water partition coefficient (Wildman–Crippen LogP) is 3.84. The van der Waals surface area contributed by atoms with Gasteiger partial charge >= 0.3 is 0 Å². The molecule has 0 aromatic carbocycles. The van der Waals surface area contributed by atoms with E-state index in [1.807, 2.05) is 0 Å². The summed E-state index contributed by atoms with van der Waals surface area (Å²) in [6.07, 6.45) is 4.86. The maximum atomic E-state index is 12.2. The molecule has 0 spiro atoms. The van der Waals surface area contributed by atoms with Crippen LogP contribution in [0, 0.1) is 0 Å². The second-order valence-corrected chi connectivity index (χ2v) is 7.77. The van der Waals surface area contributed by atoms with Gasteiger partial charge in [0, 0.05) is 6.54 Å². The van der Waals surface area contributed by atoms with Gasteiger partial charge in [-0.2, -0.15) is 0 Å². The van der Waals surface area contributed by atoms with Crippen molar-refractivity contribution in [1.82, 2.24) is 10.6 Å². The van der Waals surface area contributed by atoms with E-state index in [1.165, 1.54) is 0 Å². The van der Waals surface area contributed by atoms with E-state index in [9.17, 15) is 9.59 Å². The Morgan fingerprint density at radius 1 is 1.23 bits per heavy atom. The highest BCUT2D eigenvalue weighted by Gasteiger charge is 2.34. The molecule has 2 amide bonds. The SMILES string of the molecule is O=C(CCl)NC1(CNC(=O)c2cc(Cl)c(Cl)s2)CCCCC1. The number of hydrogen-bond acceptors (Lipinski definition) is 3. The molecule has 22 heavy (non-hydrogen) atoms. The minimum absolute atomic E-state index is 0.0775. The van der Waals surface area contributed by atoms with Crippen molar-refractivity contribution >= 4 is 58.0 Å². The molecule has 1 aromatic rings. The minimum Gasteiger partial charge on any atom is -0.349 e. The normalized spacial score (nSPS) is 17.0. The first-order valence-electron chi connectivity index (χ1n) is 7.06. The van der Waals surface area contributed by atoms with Crippen LogP contribution in [-0.4, -0.2) is 29.8 Å². The summed E-state index contributed by atoms with van der Waals surface area (Å²) in [6.45, 7) is 0.377. The number of hydrogen-bond donors (Lipinski definition) is 2. The van der Waals surface area contributed by atoms with Crippen LogP contribution in [0.1, 0.15) is 41.8 Å². The second-order valence-electron chi connectivity index (χ2n) is 5.44. The number of alkyl halides is 1. The van der Waals surface area contributed by atoms with Gasteiger partial charge in [-0.3, -0.25) is 9.59 Å². The van der Waals surface area contributed by atoms with E-state index < -0.39 is 5.54 Å². The third kappa shape index (κ3) is 4.51. The molecule has 1 saturated carbocycles. The highest BCUT2D eigenvalue weighted by atomic mass is 35.5. The summed E-state index contributed by atoms with van der Waals surface area (Å²) in [5, 5.41) is 6.22. The van der Waals surface area contributed by atoms with Gasteiger partial charge in [-0.05, 0) is 18.9 Å². The van der Waals surface area contributed by atoms with Crippen molar-refractivity contribution in [3.63, 3.8) is 0 Å². The fourth-order valence-corrected chi connectivity index (χ4v) is 4.05. The molecule has 8 heteroatoms. The van der Waals surface area contributed by atoms with Crippen molar-refractivity contribution in [3.05, 3.63) is 20.3 Å². The van der Waals surface area contributed by atoms with E-state index in [4.69, 9.17) is 34.8 Å². The third-order valence-electron chi connectivity index (χ3n) is 3.79. The molecule has 0 unspecified atom stereocenters. The van der Waals surface area contributed by atoms with Crippen LogP contribution in [0.2, 0.25) is 9.36 Å². The highest BCUT2D eigenvalue weighted by molar-refractivity contribution is 7.18. The van der Waals surface area contributed by atoms with Crippen molar-refractivity contribution in [2.24, 2.45) is 0 Å². The van der Waals surface area contributed by atoms with E-state index in [1.54, 1.807) is 6.07 Å². The molecule has 1 heterocycles. The largest absolute Gasteiger partial charge is 0.349 e. The summed E-state index contributed by atoms with van der Waals surface area (Å²) in [4.78, 5) is 24.3. The molecule has 0 saturated heterocycles. The molecule has 0 radical (unpaired) electrons. The Labute approximate surface area is 148 Å². The summed E-state index contributed by atoms with van der Waals surface area (Å²) >= 11 is 18.5. The van der Waals surface area contributed by atoms with Gasteiger partial charge in [0.05, 0.1) is 15.4 Å². The Hall–Kier alpha value is -0.490.